The first-order valence-electron chi connectivity index (χ1n) is 9.01. The molecule has 1 aromatic heterocycles. The maximum absolute atomic E-state index is 12.9. The molecule has 10 heteroatoms. The molecule has 7 nitrogen and oxygen atoms in total. The first-order valence-corrected chi connectivity index (χ1v) is 9.01. The highest BCUT2D eigenvalue weighted by atomic mass is 19.4. The van der Waals surface area contributed by atoms with Gasteiger partial charge in [0.2, 0.25) is 0 Å². The summed E-state index contributed by atoms with van der Waals surface area (Å²) in [5.41, 5.74) is 0.567. The summed E-state index contributed by atoms with van der Waals surface area (Å²) in [6.45, 7) is 0.445. The van der Waals surface area contributed by atoms with Crippen LogP contribution in [0.5, 0.6) is 5.75 Å². The number of rotatable bonds is 4. The lowest BCUT2D eigenvalue weighted by atomic mass is 10.1. The van der Waals surface area contributed by atoms with E-state index in [2.05, 4.69) is 15.6 Å². The van der Waals surface area contributed by atoms with Gasteiger partial charge in [-0.05, 0) is 35.9 Å². The first kappa shape index (κ1) is 19.9. The Morgan fingerprint density at radius 3 is 2.70 bits per heavy atom. The Kier molecular flexibility index (Phi) is 5.17. The van der Waals surface area contributed by atoms with Crippen molar-refractivity contribution in [3.63, 3.8) is 0 Å². The number of aromatic nitrogens is 3. The molecule has 0 saturated heterocycles. The number of anilines is 1. The Morgan fingerprint density at radius 1 is 1.23 bits per heavy atom. The summed E-state index contributed by atoms with van der Waals surface area (Å²) < 4.78 is 51.2. The summed E-state index contributed by atoms with van der Waals surface area (Å²) in [5, 5.41) is 10.3. The van der Waals surface area contributed by atoms with Gasteiger partial charge in [0.05, 0.1) is 31.5 Å². The van der Waals surface area contributed by atoms with E-state index in [1.165, 1.54) is 12.1 Å². The van der Waals surface area contributed by atoms with E-state index in [-0.39, 0.29) is 24.1 Å². The summed E-state index contributed by atoms with van der Waals surface area (Å²) in [6.07, 6.45) is -4.77. The molecule has 1 amide bonds. The van der Waals surface area contributed by atoms with Crippen LogP contribution in [-0.2, 0) is 24.1 Å². The zero-order valence-corrected chi connectivity index (χ0v) is 15.8. The van der Waals surface area contributed by atoms with Crippen molar-refractivity contribution >= 4 is 11.6 Å². The summed E-state index contributed by atoms with van der Waals surface area (Å²) in [4.78, 5) is 12.6. The van der Waals surface area contributed by atoms with Crippen molar-refractivity contribution < 1.29 is 27.4 Å². The molecule has 2 aromatic carbocycles. The largest absolute Gasteiger partial charge is 0.497 e. The average Bonchev–Trinajstić information content (AvgIpc) is 3.17. The van der Waals surface area contributed by atoms with Crippen LogP contribution in [0.1, 0.15) is 33.4 Å². The summed E-state index contributed by atoms with van der Waals surface area (Å²) in [6, 6.07) is 11.8. The van der Waals surface area contributed by atoms with Crippen LogP contribution in [0.3, 0.4) is 0 Å². The van der Waals surface area contributed by atoms with E-state index in [1.807, 2.05) is 24.3 Å². The lowest BCUT2D eigenvalue weighted by Crippen LogP contribution is -2.24. The van der Waals surface area contributed by atoms with Gasteiger partial charge in [0.15, 0.2) is 5.69 Å². The molecule has 0 spiro atoms. The molecule has 4 rings (SSSR count). The van der Waals surface area contributed by atoms with Crippen molar-refractivity contribution in [2.75, 3.05) is 12.4 Å². The number of hydrogen-bond donors (Lipinski definition) is 1. The number of methoxy groups -OCH3 is 1. The second-order valence-electron chi connectivity index (χ2n) is 6.67. The van der Waals surface area contributed by atoms with Crippen molar-refractivity contribution in [3.8, 4) is 5.75 Å². The predicted molar refractivity (Wildman–Crippen MR) is 99.9 cm³/mol. The van der Waals surface area contributed by atoms with Gasteiger partial charge in [0, 0.05) is 5.69 Å². The molecule has 0 unspecified atom stereocenters. The van der Waals surface area contributed by atoms with Gasteiger partial charge in [-0.2, -0.15) is 13.2 Å². The molecular weight excluding hydrogens is 401 g/mol. The van der Waals surface area contributed by atoms with E-state index in [0.29, 0.717) is 12.2 Å². The zero-order chi connectivity index (χ0) is 21.3. The van der Waals surface area contributed by atoms with Gasteiger partial charge in [-0.15, -0.1) is 5.10 Å². The highest BCUT2D eigenvalue weighted by Gasteiger charge is 2.31. The van der Waals surface area contributed by atoms with Crippen LogP contribution in [0.15, 0.2) is 48.5 Å². The van der Waals surface area contributed by atoms with Crippen LogP contribution in [0.4, 0.5) is 18.9 Å². The molecule has 1 N–H and O–H groups in total. The normalized spacial score (nSPS) is 16.1. The molecule has 3 aromatic rings. The van der Waals surface area contributed by atoms with Gasteiger partial charge in [0.1, 0.15) is 11.9 Å². The number of carbonyl (C=O) groups is 1. The van der Waals surface area contributed by atoms with Gasteiger partial charge in [-0.25, -0.2) is 4.68 Å². The van der Waals surface area contributed by atoms with Crippen molar-refractivity contribution in [1.29, 1.82) is 0 Å². The standard InChI is InChI=1S/C20H17F3N4O3/c1-29-15-7-5-12(6-8-15)17-10-27-16(11-30-17)18(25-26-27)19(28)24-14-4-2-3-13(9-14)20(21,22)23/h2-9,17H,10-11H2,1H3,(H,24,28)/t17-/m0/s1. The van der Waals surface area contributed by atoms with Gasteiger partial charge in [-0.3, -0.25) is 4.79 Å². The Bertz CT molecular complexity index is 1060. The molecule has 1 atom stereocenters. The number of hydrogen-bond acceptors (Lipinski definition) is 5. The van der Waals surface area contributed by atoms with E-state index >= 15 is 0 Å². The minimum atomic E-state index is -4.50. The first-order chi connectivity index (χ1) is 14.3. The third-order valence-corrected chi connectivity index (χ3v) is 4.75. The number of alkyl halides is 3. The molecule has 156 valence electrons. The maximum atomic E-state index is 12.9. The number of nitrogens with zero attached hydrogens (tertiary/aromatic N) is 3. The van der Waals surface area contributed by atoms with Gasteiger partial charge >= 0.3 is 6.18 Å². The third-order valence-electron chi connectivity index (χ3n) is 4.75. The molecular formula is C20H17F3N4O3. The van der Waals surface area contributed by atoms with E-state index in [4.69, 9.17) is 9.47 Å². The number of benzene rings is 2. The van der Waals surface area contributed by atoms with Crippen molar-refractivity contribution in [2.45, 2.75) is 25.4 Å². The number of amides is 1. The summed E-state index contributed by atoms with van der Waals surface area (Å²) in [7, 11) is 1.58. The molecule has 0 aliphatic carbocycles. The minimum absolute atomic E-state index is 0.0144. The molecule has 0 fully saturated rings. The Morgan fingerprint density at radius 2 is 2.00 bits per heavy atom. The predicted octanol–water partition coefficient (Wildman–Crippen LogP) is 3.83. The number of nitrogens with one attached hydrogen (secondary N) is 1. The van der Waals surface area contributed by atoms with Crippen LogP contribution in [0.25, 0.3) is 0 Å². The minimum Gasteiger partial charge on any atom is -0.497 e. The highest BCUT2D eigenvalue weighted by molar-refractivity contribution is 6.03. The monoisotopic (exact) mass is 418 g/mol. The summed E-state index contributed by atoms with van der Waals surface area (Å²) in [5.74, 6) is 0.0756. The number of fused-ring (bicyclic) bond motifs is 1. The second kappa shape index (κ2) is 7.79. The molecule has 2 heterocycles. The van der Waals surface area contributed by atoms with Crippen molar-refractivity contribution in [1.82, 2.24) is 15.0 Å². The Labute approximate surface area is 169 Å². The van der Waals surface area contributed by atoms with E-state index in [9.17, 15) is 18.0 Å². The fourth-order valence-electron chi connectivity index (χ4n) is 3.17. The Hall–Kier alpha value is -3.40. The highest BCUT2D eigenvalue weighted by Crippen LogP contribution is 2.31. The topological polar surface area (TPSA) is 78.3 Å². The van der Waals surface area contributed by atoms with E-state index in [0.717, 1.165) is 23.4 Å². The molecule has 1 aliphatic heterocycles. The third kappa shape index (κ3) is 3.99. The van der Waals surface area contributed by atoms with Crippen LogP contribution in [-0.4, -0.2) is 28.0 Å². The van der Waals surface area contributed by atoms with Crippen LogP contribution in [0, 0.1) is 0 Å². The molecule has 0 saturated carbocycles. The molecule has 0 radical (unpaired) electrons. The second-order valence-corrected chi connectivity index (χ2v) is 6.67. The molecule has 1 aliphatic rings. The van der Waals surface area contributed by atoms with Crippen LogP contribution < -0.4 is 10.1 Å². The van der Waals surface area contributed by atoms with Crippen LogP contribution >= 0.6 is 0 Å². The van der Waals surface area contributed by atoms with Crippen molar-refractivity contribution in [3.05, 3.63) is 71.0 Å². The van der Waals surface area contributed by atoms with Gasteiger partial charge in [-0.1, -0.05) is 23.4 Å². The van der Waals surface area contributed by atoms with Crippen LogP contribution in [0.2, 0.25) is 0 Å². The number of carbonyl (C=O) groups excluding carboxylic acids is 1. The molecule has 30 heavy (non-hydrogen) atoms. The fourth-order valence-corrected chi connectivity index (χ4v) is 3.17. The quantitative estimate of drug-likeness (QED) is 0.697. The molecule has 0 bridgehead atoms. The lowest BCUT2D eigenvalue weighted by Gasteiger charge is -2.24. The fraction of sp³-hybridized carbons (Fsp3) is 0.250. The smallest absolute Gasteiger partial charge is 0.416 e. The Balaban J connectivity index is 1.49. The SMILES string of the molecule is COc1ccc([C@@H]2Cn3nnc(C(=O)Nc4cccc(C(F)(F)F)c4)c3CO2)cc1. The maximum Gasteiger partial charge on any atom is 0.416 e. The van der Waals surface area contributed by atoms with E-state index < -0.39 is 17.6 Å². The number of halogens is 3. The number of ether oxygens (including phenoxy) is 2. The zero-order valence-electron chi connectivity index (χ0n) is 15.8. The summed E-state index contributed by atoms with van der Waals surface area (Å²) >= 11 is 0. The average molecular weight is 418 g/mol. The van der Waals surface area contributed by atoms with Gasteiger partial charge in [0.25, 0.3) is 5.91 Å². The lowest BCUT2D eigenvalue weighted by molar-refractivity contribution is -0.137. The van der Waals surface area contributed by atoms with E-state index in [1.54, 1.807) is 11.8 Å². The van der Waals surface area contributed by atoms with Crippen molar-refractivity contribution in [2.24, 2.45) is 0 Å². The van der Waals surface area contributed by atoms with Gasteiger partial charge < -0.3 is 14.8 Å².